The molecule has 30 heavy (non-hydrogen) atoms. The second-order valence-corrected chi connectivity index (χ2v) is 7.47. The van der Waals surface area contributed by atoms with E-state index in [4.69, 9.17) is 0 Å². The van der Waals surface area contributed by atoms with Crippen molar-refractivity contribution in [3.8, 4) is 11.8 Å². The summed E-state index contributed by atoms with van der Waals surface area (Å²) in [6.45, 7) is 3.89. The van der Waals surface area contributed by atoms with Crippen molar-refractivity contribution in [3.63, 3.8) is 0 Å². The minimum absolute atomic E-state index is 0.331. The lowest BCUT2D eigenvalue weighted by atomic mass is 9.79. The Balaban J connectivity index is 2.29. The number of allylic oxidation sites excluding steroid dienone is 1. The molecule has 0 bridgehead atoms. The molecule has 0 saturated heterocycles. The smallest absolute Gasteiger partial charge is 0.123 e. The Bertz CT molecular complexity index is 1040. The molecule has 3 aromatic rings. The van der Waals surface area contributed by atoms with Gasteiger partial charge in [-0.1, -0.05) is 98.0 Å². The highest BCUT2D eigenvalue weighted by atomic mass is 19.1. The number of benzene rings is 3. The molecule has 0 aliphatic heterocycles. The van der Waals surface area contributed by atoms with Crippen LogP contribution in [0.15, 0.2) is 84.9 Å². The summed E-state index contributed by atoms with van der Waals surface area (Å²) in [5.41, 5.74) is 2.58. The van der Waals surface area contributed by atoms with Crippen LogP contribution in [0.5, 0.6) is 0 Å². The fourth-order valence-electron chi connectivity index (χ4n) is 3.49. The Morgan fingerprint density at radius 3 is 2.00 bits per heavy atom. The molecule has 0 radical (unpaired) electrons. The zero-order chi connectivity index (χ0) is 21.4. The molecular weight excluding hydrogens is 371 g/mol. The molecule has 0 aromatic heterocycles. The summed E-state index contributed by atoms with van der Waals surface area (Å²) in [6.07, 6.45) is 2.91. The Kier molecular flexibility index (Phi) is 7.22. The molecule has 3 aromatic carbocycles. The van der Waals surface area contributed by atoms with E-state index >= 15 is 0 Å². The highest BCUT2D eigenvalue weighted by Crippen LogP contribution is 2.41. The van der Waals surface area contributed by atoms with Gasteiger partial charge in [-0.05, 0) is 42.2 Å². The predicted molar refractivity (Wildman–Crippen MR) is 123 cm³/mol. The van der Waals surface area contributed by atoms with Crippen LogP contribution in [-0.4, -0.2) is 5.11 Å². The number of halogens is 1. The molecule has 0 spiro atoms. The molecular formula is C28H27FO. The van der Waals surface area contributed by atoms with Crippen molar-refractivity contribution in [1.29, 1.82) is 0 Å². The normalized spacial score (nSPS) is 13.6. The third-order valence-electron chi connectivity index (χ3n) is 5.14. The summed E-state index contributed by atoms with van der Waals surface area (Å²) in [5, 5.41) is 11.8. The molecule has 2 heteroatoms. The Hall–Kier alpha value is -3.15. The zero-order valence-electron chi connectivity index (χ0n) is 17.5. The maximum atomic E-state index is 13.5. The largest absolute Gasteiger partial charge is 0.381 e. The van der Waals surface area contributed by atoms with Gasteiger partial charge in [-0.15, -0.1) is 0 Å². The van der Waals surface area contributed by atoms with E-state index < -0.39 is 5.60 Å². The van der Waals surface area contributed by atoms with Gasteiger partial charge in [0.2, 0.25) is 0 Å². The lowest BCUT2D eigenvalue weighted by Crippen LogP contribution is -2.24. The van der Waals surface area contributed by atoms with Crippen molar-refractivity contribution in [2.45, 2.75) is 38.7 Å². The Labute approximate surface area is 178 Å². The van der Waals surface area contributed by atoms with Crippen LogP contribution >= 0.6 is 0 Å². The monoisotopic (exact) mass is 398 g/mol. The number of aliphatic hydroxyl groups is 1. The predicted octanol–water partition coefficient (Wildman–Crippen LogP) is 6.84. The van der Waals surface area contributed by atoms with Gasteiger partial charge in [-0.2, -0.15) is 0 Å². The summed E-state index contributed by atoms with van der Waals surface area (Å²) in [6, 6.07) is 25.7. The van der Waals surface area contributed by atoms with Gasteiger partial charge in [-0.25, -0.2) is 4.39 Å². The molecule has 3 rings (SSSR count). The van der Waals surface area contributed by atoms with Crippen LogP contribution < -0.4 is 0 Å². The summed E-state index contributed by atoms with van der Waals surface area (Å²) < 4.78 is 13.5. The van der Waals surface area contributed by atoms with E-state index in [0.717, 1.165) is 36.0 Å². The SMILES string of the molecule is CCCCC#C/C(=C(/c1ccccc1)C(C)(O)c1ccc(F)cc1)c1ccccc1. The molecule has 1 atom stereocenters. The third-order valence-corrected chi connectivity index (χ3v) is 5.14. The van der Waals surface area contributed by atoms with E-state index in [-0.39, 0.29) is 5.82 Å². The first-order valence-electron chi connectivity index (χ1n) is 10.4. The fourth-order valence-corrected chi connectivity index (χ4v) is 3.49. The van der Waals surface area contributed by atoms with Crippen molar-refractivity contribution >= 4 is 11.1 Å². The average Bonchev–Trinajstić information content (AvgIpc) is 2.77. The molecule has 1 N–H and O–H groups in total. The third kappa shape index (κ3) is 5.06. The summed E-state index contributed by atoms with van der Waals surface area (Å²) in [5.74, 6) is 6.31. The van der Waals surface area contributed by atoms with E-state index in [0.29, 0.717) is 11.1 Å². The highest BCUT2D eigenvalue weighted by molar-refractivity contribution is 6.01. The van der Waals surface area contributed by atoms with Gasteiger partial charge in [0.05, 0.1) is 0 Å². The molecule has 152 valence electrons. The molecule has 1 nitrogen and oxygen atoms in total. The summed E-state index contributed by atoms with van der Waals surface area (Å²) in [7, 11) is 0. The van der Waals surface area contributed by atoms with Gasteiger partial charge in [0.25, 0.3) is 0 Å². The molecule has 0 heterocycles. The van der Waals surface area contributed by atoms with Crippen LogP contribution in [0.2, 0.25) is 0 Å². The Morgan fingerprint density at radius 2 is 1.43 bits per heavy atom. The number of unbranched alkanes of at least 4 members (excludes halogenated alkanes) is 2. The average molecular weight is 399 g/mol. The lowest BCUT2D eigenvalue weighted by molar-refractivity contribution is 0.123. The van der Waals surface area contributed by atoms with Gasteiger partial charge in [0.15, 0.2) is 0 Å². The first kappa shape index (κ1) is 21.6. The Morgan fingerprint density at radius 1 is 0.867 bits per heavy atom. The number of rotatable bonds is 6. The van der Waals surface area contributed by atoms with Crippen LogP contribution in [0, 0.1) is 17.7 Å². The van der Waals surface area contributed by atoms with Gasteiger partial charge in [-0.3, -0.25) is 0 Å². The van der Waals surface area contributed by atoms with Crippen LogP contribution in [-0.2, 0) is 5.60 Å². The molecule has 0 amide bonds. The first-order valence-corrected chi connectivity index (χ1v) is 10.4. The second kappa shape index (κ2) is 10.1. The maximum Gasteiger partial charge on any atom is 0.123 e. The molecule has 0 fully saturated rings. The zero-order valence-corrected chi connectivity index (χ0v) is 17.5. The van der Waals surface area contributed by atoms with E-state index in [9.17, 15) is 9.50 Å². The maximum absolute atomic E-state index is 13.5. The van der Waals surface area contributed by atoms with Gasteiger partial charge in [0, 0.05) is 17.6 Å². The van der Waals surface area contributed by atoms with Gasteiger partial charge < -0.3 is 5.11 Å². The topological polar surface area (TPSA) is 20.2 Å². The van der Waals surface area contributed by atoms with Crippen LogP contribution in [0.3, 0.4) is 0 Å². The molecule has 0 aliphatic carbocycles. The summed E-state index contributed by atoms with van der Waals surface area (Å²) >= 11 is 0. The number of hydrogen-bond acceptors (Lipinski definition) is 1. The van der Waals surface area contributed by atoms with Crippen molar-refractivity contribution in [3.05, 3.63) is 107 Å². The highest BCUT2D eigenvalue weighted by Gasteiger charge is 2.32. The fraction of sp³-hybridized carbons (Fsp3) is 0.214. The molecule has 1 unspecified atom stereocenters. The van der Waals surface area contributed by atoms with Crippen LogP contribution in [0.25, 0.3) is 11.1 Å². The van der Waals surface area contributed by atoms with Crippen molar-refractivity contribution < 1.29 is 9.50 Å². The van der Waals surface area contributed by atoms with E-state index in [2.05, 4.69) is 18.8 Å². The quantitative estimate of drug-likeness (QED) is 0.274. The van der Waals surface area contributed by atoms with Crippen LogP contribution in [0.1, 0.15) is 49.8 Å². The van der Waals surface area contributed by atoms with E-state index in [1.807, 2.05) is 60.7 Å². The first-order chi connectivity index (χ1) is 14.5. The van der Waals surface area contributed by atoms with E-state index in [1.54, 1.807) is 19.1 Å². The second-order valence-electron chi connectivity index (χ2n) is 7.47. The van der Waals surface area contributed by atoms with Crippen LogP contribution in [0.4, 0.5) is 4.39 Å². The minimum Gasteiger partial charge on any atom is -0.381 e. The van der Waals surface area contributed by atoms with E-state index in [1.165, 1.54) is 12.1 Å². The molecule has 0 saturated carbocycles. The standard InChI is InChI=1S/C28H27FO/c1-3-4-5-12-17-26(22-13-8-6-9-14-22)27(23-15-10-7-11-16-23)28(2,30)24-18-20-25(29)21-19-24/h6-11,13-16,18-21,30H,3-5H2,1-2H3/b27-26+. The molecule has 0 aliphatic rings. The van der Waals surface area contributed by atoms with Crippen molar-refractivity contribution in [2.75, 3.05) is 0 Å². The minimum atomic E-state index is -1.36. The summed E-state index contributed by atoms with van der Waals surface area (Å²) in [4.78, 5) is 0. The van der Waals surface area contributed by atoms with Gasteiger partial charge in [0.1, 0.15) is 11.4 Å². The number of hydrogen-bond donors (Lipinski definition) is 1. The van der Waals surface area contributed by atoms with Crippen molar-refractivity contribution in [1.82, 2.24) is 0 Å². The lowest BCUT2D eigenvalue weighted by Gasteiger charge is -2.29. The van der Waals surface area contributed by atoms with Crippen molar-refractivity contribution in [2.24, 2.45) is 0 Å². The van der Waals surface area contributed by atoms with Gasteiger partial charge >= 0.3 is 0 Å².